The van der Waals surface area contributed by atoms with Gasteiger partial charge in [0, 0.05) is 34.3 Å². The van der Waals surface area contributed by atoms with Crippen LogP contribution in [0.4, 0.5) is 13.2 Å². The number of nitrogens with zero attached hydrogens (tertiary/aromatic N) is 2. The lowest BCUT2D eigenvalue weighted by Gasteiger charge is -2.09. The summed E-state index contributed by atoms with van der Waals surface area (Å²) < 4.78 is 34.4. The van der Waals surface area contributed by atoms with E-state index in [1.54, 1.807) is 23.0 Å². The number of rotatable bonds is 3. The van der Waals surface area contributed by atoms with Crippen molar-refractivity contribution in [3.63, 3.8) is 0 Å². The average molecular weight is 445 g/mol. The molecule has 27 heavy (non-hydrogen) atoms. The third-order valence-electron chi connectivity index (χ3n) is 3.46. The summed E-state index contributed by atoms with van der Waals surface area (Å²) in [5.74, 6) is -3.68. The van der Waals surface area contributed by atoms with Gasteiger partial charge < -0.3 is 14.8 Å². The van der Waals surface area contributed by atoms with Crippen LogP contribution in [0.2, 0.25) is 0 Å². The van der Waals surface area contributed by atoms with E-state index in [1.165, 1.54) is 0 Å². The predicted molar refractivity (Wildman–Crippen MR) is 93.6 cm³/mol. The summed E-state index contributed by atoms with van der Waals surface area (Å²) in [7, 11) is 0. The van der Waals surface area contributed by atoms with Gasteiger partial charge in [-0.25, -0.2) is 9.59 Å². The highest BCUT2D eigenvalue weighted by molar-refractivity contribution is 9.10. The van der Waals surface area contributed by atoms with E-state index in [9.17, 15) is 23.1 Å². The highest BCUT2D eigenvalue weighted by atomic mass is 79.9. The largest absolute Gasteiger partial charge is 0.490 e. The Kier molecular flexibility index (Phi) is 6.21. The Hall–Kier alpha value is -2.88. The summed E-state index contributed by atoms with van der Waals surface area (Å²) >= 11 is 3.44. The standard InChI is InChI=1S/C15H11BrN2O2.C2HF3O2/c16-12-8-17-6-5-11(12)9-18-13-4-2-1-3-10(13)7-14(18)15(19)20;3-2(4,5)1(6)7/h1-8H,9H2,(H,19,20);(H,6,7). The molecule has 2 N–H and O–H groups in total. The number of fused-ring (bicyclic) bond motifs is 1. The quantitative estimate of drug-likeness (QED) is 0.631. The Balaban J connectivity index is 0.000000321. The van der Waals surface area contributed by atoms with Crippen molar-refractivity contribution in [3.8, 4) is 0 Å². The van der Waals surface area contributed by atoms with Crippen molar-refractivity contribution >= 4 is 38.8 Å². The van der Waals surface area contributed by atoms with Gasteiger partial charge in [0.2, 0.25) is 0 Å². The zero-order valence-electron chi connectivity index (χ0n) is 13.4. The first-order chi connectivity index (χ1) is 12.6. The van der Waals surface area contributed by atoms with Gasteiger partial charge in [-0.05, 0) is 39.7 Å². The van der Waals surface area contributed by atoms with Crippen LogP contribution >= 0.6 is 15.9 Å². The third-order valence-corrected chi connectivity index (χ3v) is 4.17. The summed E-state index contributed by atoms with van der Waals surface area (Å²) in [6.07, 6.45) is -1.67. The number of hydrogen-bond donors (Lipinski definition) is 2. The molecule has 0 bridgehead atoms. The second kappa shape index (κ2) is 8.21. The number of carboxylic acid groups (broad SMARTS) is 2. The summed E-state index contributed by atoms with van der Waals surface area (Å²) in [5, 5.41) is 17.4. The molecule has 0 aliphatic heterocycles. The number of alkyl halides is 3. The van der Waals surface area contributed by atoms with E-state index in [-0.39, 0.29) is 5.69 Å². The molecular weight excluding hydrogens is 433 g/mol. The predicted octanol–water partition coefficient (Wildman–Crippen LogP) is 4.18. The Labute approximate surface area is 159 Å². The molecule has 1 aromatic carbocycles. The molecule has 2 heterocycles. The number of halogens is 4. The van der Waals surface area contributed by atoms with Gasteiger partial charge in [-0.3, -0.25) is 4.98 Å². The van der Waals surface area contributed by atoms with Gasteiger partial charge in [0.1, 0.15) is 5.69 Å². The first-order valence-corrected chi connectivity index (χ1v) is 8.10. The van der Waals surface area contributed by atoms with Crippen LogP contribution in [0.3, 0.4) is 0 Å². The van der Waals surface area contributed by atoms with Crippen molar-refractivity contribution in [2.24, 2.45) is 0 Å². The van der Waals surface area contributed by atoms with E-state index in [4.69, 9.17) is 9.90 Å². The normalized spacial score (nSPS) is 11.0. The fourth-order valence-corrected chi connectivity index (χ4v) is 2.64. The summed E-state index contributed by atoms with van der Waals surface area (Å²) in [5.41, 5.74) is 2.19. The molecule has 6 nitrogen and oxygen atoms in total. The number of aromatic carboxylic acids is 1. The summed E-state index contributed by atoms with van der Waals surface area (Å²) in [6.45, 7) is 0.484. The van der Waals surface area contributed by atoms with Crippen molar-refractivity contribution in [2.45, 2.75) is 12.7 Å². The van der Waals surface area contributed by atoms with Crippen LogP contribution in [0.25, 0.3) is 10.9 Å². The minimum atomic E-state index is -5.08. The molecule has 3 rings (SSSR count). The molecule has 0 radical (unpaired) electrons. The SMILES string of the molecule is O=C(O)C(F)(F)F.O=C(O)c1cc2ccccc2n1Cc1ccncc1Br. The smallest absolute Gasteiger partial charge is 0.477 e. The fraction of sp³-hybridized carbons (Fsp3) is 0.118. The molecule has 0 saturated carbocycles. The molecule has 3 aromatic rings. The van der Waals surface area contributed by atoms with Crippen LogP contribution < -0.4 is 0 Å². The molecular formula is C17H12BrF3N2O4. The number of aliphatic carboxylic acids is 1. The van der Waals surface area contributed by atoms with Crippen molar-refractivity contribution < 1.29 is 33.0 Å². The lowest BCUT2D eigenvalue weighted by Crippen LogP contribution is -2.21. The van der Waals surface area contributed by atoms with E-state index in [2.05, 4.69) is 20.9 Å². The zero-order chi connectivity index (χ0) is 20.2. The van der Waals surface area contributed by atoms with E-state index < -0.39 is 18.1 Å². The van der Waals surface area contributed by atoms with E-state index in [0.717, 1.165) is 20.9 Å². The molecule has 0 spiro atoms. The Bertz CT molecular complexity index is 986. The second-order valence-corrected chi connectivity index (χ2v) is 6.10. The summed E-state index contributed by atoms with van der Waals surface area (Å²) in [6, 6.07) is 11.2. The maximum Gasteiger partial charge on any atom is 0.490 e. The van der Waals surface area contributed by atoms with Crippen LogP contribution in [-0.4, -0.2) is 37.9 Å². The molecule has 2 aromatic heterocycles. The zero-order valence-corrected chi connectivity index (χ0v) is 15.0. The second-order valence-electron chi connectivity index (χ2n) is 5.25. The number of aromatic nitrogens is 2. The minimum absolute atomic E-state index is 0.287. The van der Waals surface area contributed by atoms with Crippen LogP contribution in [0.1, 0.15) is 16.1 Å². The highest BCUT2D eigenvalue weighted by Crippen LogP contribution is 2.23. The van der Waals surface area contributed by atoms with Crippen molar-refractivity contribution in [1.82, 2.24) is 9.55 Å². The molecule has 0 saturated heterocycles. The Morgan fingerprint density at radius 1 is 1.15 bits per heavy atom. The van der Waals surface area contributed by atoms with Crippen LogP contribution in [0.15, 0.2) is 53.3 Å². The average Bonchev–Trinajstić information content (AvgIpc) is 2.96. The first-order valence-electron chi connectivity index (χ1n) is 7.31. The first kappa shape index (κ1) is 20.4. The van der Waals surface area contributed by atoms with Gasteiger partial charge in [0.25, 0.3) is 0 Å². The number of carbonyl (C=O) groups is 2. The fourth-order valence-electron chi connectivity index (χ4n) is 2.26. The molecule has 142 valence electrons. The van der Waals surface area contributed by atoms with Crippen molar-refractivity contribution in [2.75, 3.05) is 0 Å². The monoisotopic (exact) mass is 444 g/mol. The van der Waals surface area contributed by atoms with Gasteiger partial charge in [0.15, 0.2) is 0 Å². The maximum absolute atomic E-state index is 11.4. The van der Waals surface area contributed by atoms with Gasteiger partial charge in [-0.1, -0.05) is 18.2 Å². The Morgan fingerprint density at radius 2 is 1.78 bits per heavy atom. The molecule has 0 aliphatic carbocycles. The number of benzene rings is 1. The summed E-state index contributed by atoms with van der Waals surface area (Å²) in [4.78, 5) is 24.3. The topological polar surface area (TPSA) is 92.4 Å². The van der Waals surface area contributed by atoms with E-state index in [1.807, 2.05) is 30.3 Å². The van der Waals surface area contributed by atoms with Crippen molar-refractivity contribution in [3.05, 3.63) is 64.5 Å². The Morgan fingerprint density at radius 3 is 2.33 bits per heavy atom. The number of para-hydroxylation sites is 1. The van der Waals surface area contributed by atoms with Gasteiger partial charge in [-0.15, -0.1) is 0 Å². The van der Waals surface area contributed by atoms with Crippen LogP contribution in [0.5, 0.6) is 0 Å². The van der Waals surface area contributed by atoms with Gasteiger partial charge in [0.05, 0.1) is 0 Å². The van der Waals surface area contributed by atoms with Crippen LogP contribution in [0, 0.1) is 0 Å². The number of carboxylic acids is 2. The van der Waals surface area contributed by atoms with Gasteiger partial charge >= 0.3 is 18.1 Å². The lowest BCUT2D eigenvalue weighted by molar-refractivity contribution is -0.192. The molecule has 0 amide bonds. The van der Waals surface area contributed by atoms with E-state index >= 15 is 0 Å². The molecule has 0 aliphatic rings. The van der Waals surface area contributed by atoms with Crippen molar-refractivity contribution in [1.29, 1.82) is 0 Å². The highest BCUT2D eigenvalue weighted by Gasteiger charge is 2.38. The third kappa shape index (κ3) is 5.07. The molecule has 0 fully saturated rings. The number of hydrogen-bond acceptors (Lipinski definition) is 3. The molecule has 10 heteroatoms. The lowest BCUT2D eigenvalue weighted by atomic mass is 10.2. The van der Waals surface area contributed by atoms with E-state index in [0.29, 0.717) is 6.54 Å². The van der Waals surface area contributed by atoms with Gasteiger partial charge in [-0.2, -0.15) is 13.2 Å². The maximum atomic E-state index is 11.4. The number of pyridine rings is 1. The molecule has 0 unspecified atom stereocenters. The van der Waals surface area contributed by atoms with Crippen LogP contribution in [-0.2, 0) is 11.3 Å². The minimum Gasteiger partial charge on any atom is -0.477 e. The molecule has 0 atom stereocenters.